The summed E-state index contributed by atoms with van der Waals surface area (Å²) in [5.74, 6) is 0.899. The minimum Gasteiger partial charge on any atom is -0.378 e. The Morgan fingerprint density at radius 2 is 2.07 bits per heavy atom. The van der Waals surface area contributed by atoms with E-state index in [1.807, 2.05) is 0 Å². The topological polar surface area (TPSA) is 54.4 Å². The van der Waals surface area contributed by atoms with E-state index in [1.165, 1.54) is 28.8 Å². The number of nitrogens with one attached hydrogen (secondary N) is 2. The lowest BCUT2D eigenvalue weighted by Crippen LogP contribution is -2.35. The zero-order valence-electron chi connectivity index (χ0n) is 17.9. The van der Waals surface area contributed by atoms with Gasteiger partial charge in [0.05, 0.1) is 13.2 Å². The summed E-state index contributed by atoms with van der Waals surface area (Å²) in [6, 6.07) is 4.92. The van der Waals surface area contributed by atoms with Gasteiger partial charge in [-0.3, -0.25) is 0 Å². The van der Waals surface area contributed by atoms with Gasteiger partial charge in [0.1, 0.15) is 11.5 Å². The Bertz CT molecular complexity index is 1030. The molecule has 6 heteroatoms. The van der Waals surface area contributed by atoms with Crippen LogP contribution in [0, 0.1) is 0 Å². The second-order valence-electron chi connectivity index (χ2n) is 8.37. The van der Waals surface area contributed by atoms with Crippen LogP contribution in [0.2, 0.25) is 0 Å². The molecule has 5 rings (SSSR count). The highest BCUT2D eigenvalue weighted by molar-refractivity contribution is 5.84. The SMILES string of the molecule is CNC1CCc2c(c3ccc(NC4=CCC=CC(N5CCOCC5)=C4)nc3n2C)C1. The van der Waals surface area contributed by atoms with Gasteiger partial charge >= 0.3 is 0 Å². The molecule has 1 unspecified atom stereocenters. The molecule has 158 valence electrons. The lowest BCUT2D eigenvalue weighted by Gasteiger charge is -2.29. The molecular formula is C24H31N5O. The second-order valence-corrected chi connectivity index (χ2v) is 8.37. The zero-order valence-corrected chi connectivity index (χ0v) is 17.9. The highest BCUT2D eigenvalue weighted by Crippen LogP contribution is 2.31. The highest BCUT2D eigenvalue weighted by Gasteiger charge is 2.24. The van der Waals surface area contributed by atoms with E-state index in [1.54, 1.807) is 0 Å². The summed E-state index contributed by atoms with van der Waals surface area (Å²) in [6.07, 6.45) is 13.2. The average Bonchev–Trinajstić information content (AvgIpc) is 2.93. The number of pyridine rings is 1. The molecule has 0 aromatic carbocycles. The van der Waals surface area contributed by atoms with E-state index in [9.17, 15) is 0 Å². The normalized spacial score (nSPS) is 21.8. The fourth-order valence-electron chi connectivity index (χ4n) is 4.85. The van der Waals surface area contributed by atoms with E-state index < -0.39 is 0 Å². The van der Waals surface area contributed by atoms with E-state index in [0.717, 1.165) is 62.7 Å². The third-order valence-corrected chi connectivity index (χ3v) is 6.57. The number of hydrogen-bond donors (Lipinski definition) is 2. The van der Waals surface area contributed by atoms with Gasteiger partial charge in [0.25, 0.3) is 0 Å². The lowest BCUT2D eigenvalue weighted by atomic mass is 9.92. The smallest absolute Gasteiger partial charge is 0.142 e. The van der Waals surface area contributed by atoms with Crippen LogP contribution in [0.25, 0.3) is 11.0 Å². The third kappa shape index (κ3) is 3.66. The van der Waals surface area contributed by atoms with E-state index in [4.69, 9.17) is 9.72 Å². The van der Waals surface area contributed by atoms with Gasteiger partial charge in [0.15, 0.2) is 0 Å². The number of ether oxygens (including phenoxy) is 1. The molecule has 0 bridgehead atoms. The molecule has 2 N–H and O–H groups in total. The first-order valence-electron chi connectivity index (χ1n) is 11.1. The van der Waals surface area contributed by atoms with E-state index in [0.29, 0.717) is 6.04 Å². The predicted octanol–water partition coefficient (Wildman–Crippen LogP) is 3.12. The zero-order chi connectivity index (χ0) is 20.5. The summed E-state index contributed by atoms with van der Waals surface area (Å²) in [5.41, 5.74) is 6.31. The van der Waals surface area contributed by atoms with Crippen molar-refractivity contribution in [1.82, 2.24) is 19.8 Å². The van der Waals surface area contributed by atoms with Crippen LogP contribution < -0.4 is 10.6 Å². The Morgan fingerprint density at radius 1 is 1.20 bits per heavy atom. The van der Waals surface area contributed by atoms with Crippen molar-refractivity contribution in [2.45, 2.75) is 31.7 Å². The molecule has 0 saturated carbocycles. The standard InChI is InChI=1S/C24H31N5O/c1-25-17-7-9-22-21(16-17)20-8-10-23(27-24(20)28(22)2)26-18-5-3-4-6-19(15-18)29-11-13-30-14-12-29/h4-6,8,10,15,17,25H,3,7,9,11-14,16H2,1-2H3,(H,26,27). The van der Waals surface area contributed by atoms with Crippen LogP contribution in [0.4, 0.5) is 5.82 Å². The Hall–Kier alpha value is -2.57. The van der Waals surface area contributed by atoms with Crippen molar-refractivity contribution < 1.29 is 4.74 Å². The number of morpholine rings is 1. The van der Waals surface area contributed by atoms with Gasteiger partial charge < -0.3 is 24.8 Å². The van der Waals surface area contributed by atoms with Gasteiger partial charge in [-0.1, -0.05) is 12.2 Å². The van der Waals surface area contributed by atoms with Crippen molar-refractivity contribution in [2.24, 2.45) is 7.05 Å². The molecule has 1 saturated heterocycles. The van der Waals surface area contributed by atoms with E-state index in [2.05, 4.69) is 70.6 Å². The number of likely N-dealkylation sites (N-methyl/N-ethyl adjacent to an activating group) is 1. The number of hydrogen-bond acceptors (Lipinski definition) is 5. The number of nitrogens with zero attached hydrogens (tertiary/aromatic N) is 3. The lowest BCUT2D eigenvalue weighted by molar-refractivity contribution is 0.0554. The largest absolute Gasteiger partial charge is 0.378 e. The van der Waals surface area contributed by atoms with Gasteiger partial charge in [-0.2, -0.15) is 0 Å². The maximum atomic E-state index is 5.51. The van der Waals surface area contributed by atoms with Crippen LogP contribution in [-0.4, -0.2) is 53.8 Å². The number of anilines is 1. The Balaban J connectivity index is 1.41. The Morgan fingerprint density at radius 3 is 2.90 bits per heavy atom. The van der Waals surface area contributed by atoms with Crippen LogP contribution >= 0.6 is 0 Å². The molecule has 0 spiro atoms. The highest BCUT2D eigenvalue weighted by atomic mass is 16.5. The number of aromatic nitrogens is 2. The molecule has 2 aromatic heterocycles. The molecule has 2 aromatic rings. The quantitative estimate of drug-likeness (QED) is 0.819. The summed E-state index contributed by atoms with van der Waals surface area (Å²) >= 11 is 0. The first-order valence-corrected chi connectivity index (χ1v) is 11.1. The van der Waals surface area contributed by atoms with Crippen molar-refractivity contribution in [1.29, 1.82) is 0 Å². The molecule has 0 radical (unpaired) electrons. The monoisotopic (exact) mass is 405 g/mol. The van der Waals surface area contributed by atoms with Crippen molar-refractivity contribution in [3.05, 3.63) is 59.1 Å². The summed E-state index contributed by atoms with van der Waals surface area (Å²) < 4.78 is 7.80. The Kier molecular flexibility index (Phi) is 5.35. The van der Waals surface area contributed by atoms with Crippen molar-refractivity contribution in [3.8, 4) is 0 Å². The molecule has 3 heterocycles. The van der Waals surface area contributed by atoms with Gasteiger partial charge in [-0.05, 0) is 62.6 Å². The Labute approximate surface area is 178 Å². The van der Waals surface area contributed by atoms with Gasteiger partial charge in [-0.15, -0.1) is 0 Å². The fourth-order valence-corrected chi connectivity index (χ4v) is 4.85. The molecule has 6 nitrogen and oxygen atoms in total. The molecular weight excluding hydrogens is 374 g/mol. The van der Waals surface area contributed by atoms with Crippen LogP contribution in [-0.2, 0) is 24.6 Å². The molecule has 30 heavy (non-hydrogen) atoms. The number of aryl methyl sites for hydroxylation is 1. The number of fused-ring (bicyclic) bond motifs is 3. The van der Waals surface area contributed by atoms with Crippen LogP contribution in [0.3, 0.4) is 0 Å². The van der Waals surface area contributed by atoms with E-state index in [-0.39, 0.29) is 0 Å². The molecule has 1 aliphatic heterocycles. The average molecular weight is 406 g/mol. The molecule has 1 fully saturated rings. The molecule has 3 aliphatic rings. The van der Waals surface area contributed by atoms with Crippen molar-refractivity contribution in [2.75, 3.05) is 38.7 Å². The number of rotatable bonds is 4. The van der Waals surface area contributed by atoms with Crippen molar-refractivity contribution in [3.63, 3.8) is 0 Å². The number of allylic oxidation sites excluding steroid dienone is 4. The third-order valence-electron chi connectivity index (χ3n) is 6.57. The predicted molar refractivity (Wildman–Crippen MR) is 122 cm³/mol. The summed E-state index contributed by atoms with van der Waals surface area (Å²) in [6.45, 7) is 3.47. The first kappa shape index (κ1) is 19.4. The van der Waals surface area contributed by atoms with Crippen LogP contribution in [0.5, 0.6) is 0 Å². The first-order chi connectivity index (χ1) is 14.7. The summed E-state index contributed by atoms with van der Waals surface area (Å²) in [7, 11) is 4.22. The maximum absolute atomic E-state index is 5.51. The second kappa shape index (κ2) is 8.28. The van der Waals surface area contributed by atoms with Gasteiger partial charge in [0, 0.05) is 48.7 Å². The van der Waals surface area contributed by atoms with Crippen LogP contribution in [0.15, 0.2) is 47.8 Å². The minimum atomic E-state index is 0.563. The van der Waals surface area contributed by atoms with Gasteiger partial charge in [-0.25, -0.2) is 4.98 Å². The minimum absolute atomic E-state index is 0.563. The fraction of sp³-hybridized carbons (Fsp3) is 0.458. The molecule has 2 aliphatic carbocycles. The summed E-state index contributed by atoms with van der Waals surface area (Å²) in [5, 5.41) is 8.30. The van der Waals surface area contributed by atoms with Crippen molar-refractivity contribution >= 4 is 16.9 Å². The van der Waals surface area contributed by atoms with E-state index >= 15 is 0 Å². The molecule has 0 amide bonds. The van der Waals surface area contributed by atoms with Crippen LogP contribution in [0.1, 0.15) is 24.1 Å². The maximum Gasteiger partial charge on any atom is 0.142 e. The summed E-state index contributed by atoms with van der Waals surface area (Å²) in [4.78, 5) is 7.39. The molecule has 1 atom stereocenters. The van der Waals surface area contributed by atoms with Gasteiger partial charge in [0.2, 0.25) is 0 Å².